The molecule has 1 nitrogen and oxygen atoms in total. The van der Waals surface area contributed by atoms with Gasteiger partial charge in [-0.1, -0.05) is 49.9 Å². The van der Waals surface area contributed by atoms with Crippen LogP contribution >= 0.6 is 0 Å². The van der Waals surface area contributed by atoms with Crippen LogP contribution in [0.1, 0.15) is 71.6 Å². The van der Waals surface area contributed by atoms with E-state index in [1.807, 2.05) is 0 Å². The van der Waals surface area contributed by atoms with Gasteiger partial charge in [-0.05, 0) is 78.8 Å². The number of fused-ring (bicyclic) bond motifs is 1. The monoisotopic (exact) mass is 485 g/mol. The molecule has 0 aliphatic heterocycles. The summed E-state index contributed by atoms with van der Waals surface area (Å²) in [5, 5.41) is 8.79. The second kappa shape index (κ2) is 11.2. The van der Waals surface area contributed by atoms with Crippen LogP contribution in [0.4, 0.5) is 17.6 Å². The lowest BCUT2D eigenvalue weighted by Gasteiger charge is -2.25. The molecule has 0 aromatic heterocycles. The summed E-state index contributed by atoms with van der Waals surface area (Å²) in [5.41, 5.74) is 1.46. The largest absolute Gasteiger partial charge is 0.206 e. The molecule has 1 aliphatic carbocycles. The molecule has 4 rings (SSSR count). The molecule has 1 aliphatic rings. The van der Waals surface area contributed by atoms with Gasteiger partial charge in [0.25, 0.3) is 0 Å². The molecule has 0 radical (unpaired) electrons. The predicted molar refractivity (Wildman–Crippen MR) is 131 cm³/mol. The summed E-state index contributed by atoms with van der Waals surface area (Å²) >= 11 is 0. The summed E-state index contributed by atoms with van der Waals surface area (Å²) in [5.74, 6) is 8.24. The molecular weight excluding hydrogens is 462 g/mol. The average molecular weight is 486 g/mol. The fourth-order valence-electron chi connectivity index (χ4n) is 4.43. The van der Waals surface area contributed by atoms with Gasteiger partial charge in [0, 0.05) is 11.1 Å². The van der Waals surface area contributed by atoms with Crippen molar-refractivity contribution in [1.29, 1.82) is 5.26 Å². The average Bonchev–Trinajstić information content (AvgIpc) is 2.86. The smallest absolute Gasteiger partial charge is 0.145 e. The molecule has 5 heteroatoms. The van der Waals surface area contributed by atoms with Gasteiger partial charge < -0.3 is 0 Å². The highest BCUT2D eigenvalue weighted by Crippen LogP contribution is 2.32. The summed E-state index contributed by atoms with van der Waals surface area (Å²) in [6.07, 6.45) is 5.41. The zero-order valence-corrected chi connectivity index (χ0v) is 19.8. The van der Waals surface area contributed by atoms with E-state index in [0.29, 0.717) is 29.9 Å². The predicted octanol–water partition coefficient (Wildman–Crippen LogP) is 7.21. The number of benzene rings is 3. The first-order chi connectivity index (χ1) is 17.4. The third-order valence-corrected chi connectivity index (χ3v) is 6.42. The number of halogens is 4. The van der Waals surface area contributed by atoms with Crippen LogP contribution in [0, 0.1) is 64.2 Å². The zero-order valence-electron chi connectivity index (χ0n) is 19.8. The Kier molecular flexibility index (Phi) is 7.77. The van der Waals surface area contributed by atoms with E-state index in [9.17, 15) is 13.2 Å². The van der Waals surface area contributed by atoms with Crippen molar-refractivity contribution in [2.24, 2.45) is 5.92 Å². The lowest BCUT2D eigenvalue weighted by atomic mass is 9.80. The van der Waals surface area contributed by atoms with Crippen molar-refractivity contribution in [1.82, 2.24) is 0 Å². The summed E-state index contributed by atoms with van der Waals surface area (Å²) in [6, 6.07) is 11.1. The van der Waals surface area contributed by atoms with Crippen molar-refractivity contribution in [3.8, 4) is 29.8 Å². The molecule has 0 saturated heterocycles. The van der Waals surface area contributed by atoms with E-state index in [1.54, 1.807) is 6.07 Å². The third kappa shape index (κ3) is 5.62. The minimum absolute atomic E-state index is 0.0640. The Morgan fingerprint density at radius 1 is 0.833 bits per heavy atom. The molecule has 0 N–H and O–H groups in total. The number of nitriles is 1. The molecule has 36 heavy (non-hydrogen) atoms. The lowest BCUT2D eigenvalue weighted by molar-refractivity contribution is 0.402. The van der Waals surface area contributed by atoms with Gasteiger partial charge in [-0.25, -0.2) is 17.6 Å². The third-order valence-electron chi connectivity index (χ3n) is 6.42. The molecule has 1 unspecified atom stereocenters. The van der Waals surface area contributed by atoms with Gasteiger partial charge >= 0.3 is 0 Å². The summed E-state index contributed by atoms with van der Waals surface area (Å²) in [4.78, 5) is 0. The minimum atomic E-state index is -0.701. The van der Waals surface area contributed by atoms with Crippen molar-refractivity contribution in [3.63, 3.8) is 0 Å². The molecule has 0 spiro atoms. The van der Waals surface area contributed by atoms with Crippen LogP contribution in [0.25, 0.3) is 0 Å². The fourth-order valence-corrected chi connectivity index (χ4v) is 4.43. The van der Waals surface area contributed by atoms with Gasteiger partial charge in [0.05, 0.1) is 16.7 Å². The maximum Gasteiger partial charge on any atom is 0.145 e. The Morgan fingerprint density at radius 2 is 1.50 bits per heavy atom. The maximum atomic E-state index is 15.1. The normalized spacial score (nSPS) is 14.1. The van der Waals surface area contributed by atoms with E-state index in [2.05, 4.69) is 30.6 Å². The molecule has 1 atom stereocenters. The number of hydrogen-bond donors (Lipinski definition) is 0. The van der Waals surface area contributed by atoms with Crippen molar-refractivity contribution in [2.45, 2.75) is 45.4 Å². The molecule has 3 aromatic carbocycles. The van der Waals surface area contributed by atoms with Crippen molar-refractivity contribution in [3.05, 3.63) is 105 Å². The minimum Gasteiger partial charge on any atom is -0.206 e. The first-order valence-corrected chi connectivity index (χ1v) is 11.9. The molecular formula is C31H23F4N. The number of nitrogens with zero attached hydrogens (tertiary/aromatic N) is 1. The number of rotatable bonds is 3. The number of unbranched alkanes of at least 4 members (excludes halogenated alkanes) is 1. The van der Waals surface area contributed by atoms with Gasteiger partial charge in [-0.15, -0.1) is 0 Å². The highest BCUT2D eigenvalue weighted by molar-refractivity contribution is 5.51. The molecule has 0 fully saturated rings. The van der Waals surface area contributed by atoms with Crippen LogP contribution in [0.3, 0.4) is 0 Å². The molecule has 3 aromatic rings. The maximum absolute atomic E-state index is 15.1. The van der Waals surface area contributed by atoms with Crippen molar-refractivity contribution in [2.75, 3.05) is 0 Å². The van der Waals surface area contributed by atoms with Gasteiger partial charge in [-0.3, -0.25) is 0 Å². The second-order valence-corrected chi connectivity index (χ2v) is 8.94. The lowest BCUT2D eigenvalue weighted by Crippen LogP contribution is -2.17. The Hall–Kier alpha value is -4.01. The van der Waals surface area contributed by atoms with Gasteiger partial charge in [0.1, 0.15) is 29.3 Å². The van der Waals surface area contributed by atoms with Crippen LogP contribution in [0.2, 0.25) is 0 Å². The summed E-state index contributed by atoms with van der Waals surface area (Å²) in [6.45, 7) is 2.13. The highest BCUT2D eigenvalue weighted by Gasteiger charge is 2.24. The van der Waals surface area contributed by atoms with E-state index in [4.69, 9.17) is 5.26 Å². The Labute approximate surface area is 208 Å². The Morgan fingerprint density at radius 3 is 2.14 bits per heavy atom. The van der Waals surface area contributed by atoms with E-state index < -0.39 is 23.3 Å². The van der Waals surface area contributed by atoms with Crippen LogP contribution in [0.15, 0.2) is 42.5 Å². The van der Waals surface area contributed by atoms with E-state index in [0.717, 1.165) is 43.4 Å². The molecule has 0 bridgehead atoms. The first-order valence-electron chi connectivity index (χ1n) is 11.9. The molecule has 0 heterocycles. The Balaban J connectivity index is 1.54. The topological polar surface area (TPSA) is 23.8 Å². The standard InChI is InChI=1S/C31H23F4N/c1-2-3-4-20-8-13-26-25(15-20)18-30(34)27(31(26)35)14-9-22-6-11-23(28(32)16-22)10-5-21-7-12-24(19-36)29(33)17-21/h6-7,11-12,16-18,20H,2-4,8,13,15H2,1H3. The summed E-state index contributed by atoms with van der Waals surface area (Å²) < 4.78 is 58.1. The van der Waals surface area contributed by atoms with Crippen LogP contribution in [-0.4, -0.2) is 0 Å². The van der Waals surface area contributed by atoms with Crippen LogP contribution in [0.5, 0.6) is 0 Å². The fraction of sp³-hybridized carbons (Fsp3) is 0.258. The van der Waals surface area contributed by atoms with Crippen LogP contribution < -0.4 is 0 Å². The zero-order chi connectivity index (χ0) is 25.7. The molecule has 0 saturated carbocycles. The first kappa shape index (κ1) is 25.1. The quantitative estimate of drug-likeness (QED) is 0.284. The van der Waals surface area contributed by atoms with Gasteiger partial charge in [0.15, 0.2) is 0 Å². The Bertz CT molecular complexity index is 1470. The molecule has 180 valence electrons. The molecule has 0 amide bonds. The number of hydrogen-bond acceptors (Lipinski definition) is 1. The van der Waals surface area contributed by atoms with E-state index in [-0.39, 0.29) is 22.3 Å². The van der Waals surface area contributed by atoms with E-state index >= 15 is 4.39 Å². The SMILES string of the molecule is CCCCC1CCc2c(cc(F)c(C#Cc3ccc(C#Cc4ccc(C#N)c(F)c4)c(F)c3)c2F)C1. The van der Waals surface area contributed by atoms with Gasteiger partial charge in [-0.2, -0.15) is 5.26 Å². The highest BCUT2D eigenvalue weighted by atomic mass is 19.1. The van der Waals surface area contributed by atoms with E-state index in [1.165, 1.54) is 30.3 Å². The summed E-state index contributed by atoms with van der Waals surface area (Å²) in [7, 11) is 0. The van der Waals surface area contributed by atoms with Crippen LogP contribution in [-0.2, 0) is 12.8 Å². The van der Waals surface area contributed by atoms with Crippen molar-refractivity contribution >= 4 is 0 Å². The van der Waals surface area contributed by atoms with Gasteiger partial charge in [0.2, 0.25) is 0 Å². The second-order valence-electron chi connectivity index (χ2n) is 8.94. The van der Waals surface area contributed by atoms with Crippen molar-refractivity contribution < 1.29 is 17.6 Å².